The number of nitrogens with zero attached hydrogens (tertiary/aromatic N) is 1. The third kappa shape index (κ3) is 6.46. The second-order valence-electron chi connectivity index (χ2n) is 7.19. The Bertz CT molecular complexity index is 976. The van der Waals surface area contributed by atoms with E-state index in [0.29, 0.717) is 17.7 Å². The van der Waals surface area contributed by atoms with Crippen molar-refractivity contribution in [2.24, 2.45) is 5.92 Å². The number of rotatable bonds is 9. The largest absolute Gasteiger partial charge is 0.497 e. The number of carbonyl (C=O) groups excluding carboxylic acids is 1. The van der Waals surface area contributed by atoms with Crippen LogP contribution in [-0.2, 0) is 4.79 Å². The van der Waals surface area contributed by atoms with Crippen LogP contribution >= 0.6 is 11.3 Å². The molecule has 0 unspecified atom stereocenters. The molecule has 0 spiro atoms. The van der Waals surface area contributed by atoms with Gasteiger partial charge in [0.2, 0.25) is 5.91 Å². The van der Waals surface area contributed by atoms with Crippen LogP contribution in [0.3, 0.4) is 0 Å². The zero-order valence-corrected chi connectivity index (χ0v) is 18.2. The number of benzene rings is 2. The molecule has 1 heterocycles. The average Bonchev–Trinajstić information content (AvgIpc) is 3.21. The van der Waals surface area contributed by atoms with E-state index in [0.717, 1.165) is 34.7 Å². The highest BCUT2D eigenvalue weighted by Gasteiger charge is 2.07. The molecule has 0 radical (unpaired) electrons. The Kier molecular flexibility index (Phi) is 7.63. The highest BCUT2D eigenvalue weighted by Crippen LogP contribution is 2.26. The SMILES string of the molecule is COc1ccc(-c2csc(NC(=O)C=Cc3ccc(OCCC(C)C)cc3)n2)cc1. The van der Waals surface area contributed by atoms with Crippen LogP contribution in [0.5, 0.6) is 11.5 Å². The predicted molar refractivity (Wildman–Crippen MR) is 123 cm³/mol. The fourth-order valence-electron chi connectivity index (χ4n) is 2.63. The molecule has 3 aromatic rings. The maximum Gasteiger partial charge on any atom is 0.250 e. The number of aromatic nitrogens is 1. The fraction of sp³-hybridized carbons (Fsp3) is 0.250. The van der Waals surface area contributed by atoms with Gasteiger partial charge in [-0.1, -0.05) is 26.0 Å². The van der Waals surface area contributed by atoms with Crippen molar-refractivity contribution in [3.63, 3.8) is 0 Å². The molecule has 3 rings (SSSR count). The van der Waals surface area contributed by atoms with Crippen molar-refractivity contribution in [2.45, 2.75) is 20.3 Å². The standard InChI is InChI=1S/C24H26N2O3S/c1-17(2)14-15-29-21-9-4-18(5-10-21)6-13-23(27)26-24-25-22(16-30-24)19-7-11-20(28-3)12-8-19/h4-13,16-17H,14-15H2,1-3H3,(H,25,26,27). The predicted octanol–water partition coefficient (Wildman–Crippen LogP) is 5.90. The smallest absolute Gasteiger partial charge is 0.250 e. The van der Waals surface area contributed by atoms with Crippen molar-refractivity contribution >= 4 is 28.5 Å². The summed E-state index contributed by atoms with van der Waals surface area (Å²) in [5, 5.41) is 5.28. The monoisotopic (exact) mass is 422 g/mol. The van der Waals surface area contributed by atoms with E-state index in [-0.39, 0.29) is 5.91 Å². The molecule has 1 aromatic heterocycles. The maximum atomic E-state index is 12.2. The second-order valence-corrected chi connectivity index (χ2v) is 8.05. The number of hydrogen-bond donors (Lipinski definition) is 1. The summed E-state index contributed by atoms with van der Waals surface area (Å²) in [6, 6.07) is 15.3. The first-order valence-electron chi connectivity index (χ1n) is 9.85. The van der Waals surface area contributed by atoms with Crippen molar-refractivity contribution in [2.75, 3.05) is 19.0 Å². The lowest BCUT2D eigenvalue weighted by atomic mass is 10.1. The maximum absolute atomic E-state index is 12.2. The molecular formula is C24H26N2O3S. The van der Waals surface area contributed by atoms with Crippen molar-refractivity contribution < 1.29 is 14.3 Å². The zero-order chi connectivity index (χ0) is 21.3. The van der Waals surface area contributed by atoms with E-state index in [1.807, 2.05) is 53.9 Å². The molecule has 6 heteroatoms. The van der Waals surface area contributed by atoms with Gasteiger partial charge in [-0.3, -0.25) is 10.1 Å². The summed E-state index contributed by atoms with van der Waals surface area (Å²) in [5.41, 5.74) is 2.72. The molecule has 0 aliphatic rings. The number of ether oxygens (including phenoxy) is 2. The summed E-state index contributed by atoms with van der Waals surface area (Å²) in [6.45, 7) is 5.06. The molecule has 2 aromatic carbocycles. The van der Waals surface area contributed by atoms with Crippen LogP contribution in [0.1, 0.15) is 25.8 Å². The van der Waals surface area contributed by atoms with Crippen molar-refractivity contribution in [3.05, 3.63) is 65.6 Å². The summed E-state index contributed by atoms with van der Waals surface area (Å²) in [7, 11) is 1.63. The molecule has 156 valence electrons. The van der Waals surface area contributed by atoms with Crippen LogP contribution in [0, 0.1) is 5.92 Å². The number of anilines is 1. The van der Waals surface area contributed by atoms with E-state index in [2.05, 4.69) is 24.1 Å². The molecule has 0 saturated carbocycles. The van der Waals surface area contributed by atoms with Gasteiger partial charge in [-0.15, -0.1) is 11.3 Å². The van der Waals surface area contributed by atoms with Gasteiger partial charge in [0.05, 0.1) is 19.4 Å². The van der Waals surface area contributed by atoms with Crippen LogP contribution in [0.15, 0.2) is 60.0 Å². The minimum absolute atomic E-state index is 0.220. The minimum atomic E-state index is -0.220. The third-order valence-corrected chi connectivity index (χ3v) is 5.15. The third-order valence-electron chi connectivity index (χ3n) is 4.39. The Morgan fingerprint density at radius 2 is 1.80 bits per heavy atom. The Hall–Kier alpha value is -3.12. The Labute approximate surface area is 181 Å². The first-order chi connectivity index (χ1) is 14.5. The molecule has 0 fully saturated rings. The molecule has 1 N–H and O–H groups in total. The normalized spacial score (nSPS) is 11.1. The van der Waals surface area contributed by atoms with Gasteiger partial charge >= 0.3 is 0 Å². The molecule has 1 amide bonds. The van der Waals surface area contributed by atoms with E-state index < -0.39 is 0 Å². The number of methoxy groups -OCH3 is 1. The van der Waals surface area contributed by atoms with Crippen molar-refractivity contribution in [3.8, 4) is 22.8 Å². The van der Waals surface area contributed by atoms with E-state index in [1.54, 1.807) is 13.2 Å². The zero-order valence-electron chi connectivity index (χ0n) is 17.4. The van der Waals surface area contributed by atoms with Crippen LogP contribution in [0.25, 0.3) is 17.3 Å². The fourth-order valence-corrected chi connectivity index (χ4v) is 3.35. The van der Waals surface area contributed by atoms with Gasteiger partial charge in [-0.25, -0.2) is 4.98 Å². The first-order valence-corrected chi connectivity index (χ1v) is 10.7. The summed E-state index contributed by atoms with van der Waals surface area (Å²) >= 11 is 1.39. The van der Waals surface area contributed by atoms with Crippen LogP contribution in [0.4, 0.5) is 5.13 Å². The molecule has 30 heavy (non-hydrogen) atoms. The Morgan fingerprint density at radius 1 is 1.10 bits per heavy atom. The number of carbonyl (C=O) groups is 1. The minimum Gasteiger partial charge on any atom is -0.497 e. The number of amides is 1. The van der Waals surface area contributed by atoms with Crippen molar-refractivity contribution in [1.82, 2.24) is 4.98 Å². The summed E-state index contributed by atoms with van der Waals surface area (Å²) in [6.07, 6.45) is 4.30. The molecule has 0 saturated heterocycles. The quantitative estimate of drug-likeness (QED) is 0.437. The van der Waals surface area contributed by atoms with Crippen LogP contribution in [0.2, 0.25) is 0 Å². The average molecular weight is 423 g/mol. The lowest BCUT2D eigenvalue weighted by molar-refractivity contribution is -0.111. The van der Waals surface area contributed by atoms with Gasteiger partial charge in [0.25, 0.3) is 0 Å². The molecule has 0 atom stereocenters. The van der Waals surface area contributed by atoms with E-state index in [9.17, 15) is 4.79 Å². The van der Waals surface area contributed by atoms with Gasteiger partial charge in [-0.05, 0) is 60.4 Å². The van der Waals surface area contributed by atoms with Gasteiger partial charge in [0.1, 0.15) is 11.5 Å². The van der Waals surface area contributed by atoms with E-state index in [1.165, 1.54) is 17.4 Å². The van der Waals surface area contributed by atoms with Gasteiger partial charge in [0, 0.05) is 17.0 Å². The molecule has 0 aliphatic carbocycles. The number of hydrogen-bond acceptors (Lipinski definition) is 5. The second kappa shape index (κ2) is 10.6. The lowest BCUT2D eigenvalue weighted by Crippen LogP contribution is -2.07. The van der Waals surface area contributed by atoms with Crippen LogP contribution < -0.4 is 14.8 Å². The highest BCUT2D eigenvalue weighted by atomic mass is 32.1. The van der Waals surface area contributed by atoms with Crippen LogP contribution in [-0.4, -0.2) is 24.6 Å². The summed E-state index contributed by atoms with van der Waals surface area (Å²) in [4.78, 5) is 16.7. The first kappa shape index (κ1) is 21.6. The Balaban J connectivity index is 1.52. The van der Waals surface area contributed by atoms with Gasteiger partial charge < -0.3 is 9.47 Å². The lowest BCUT2D eigenvalue weighted by Gasteiger charge is -2.08. The summed E-state index contributed by atoms with van der Waals surface area (Å²) in [5.74, 6) is 2.03. The Morgan fingerprint density at radius 3 is 2.47 bits per heavy atom. The van der Waals surface area contributed by atoms with E-state index >= 15 is 0 Å². The van der Waals surface area contributed by atoms with E-state index in [4.69, 9.17) is 9.47 Å². The molecule has 0 bridgehead atoms. The summed E-state index contributed by atoms with van der Waals surface area (Å²) < 4.78 is 10.9. The highest BCUT2D eigenvalue weighted by molar-refractivity contribution is 7.14. The van der Waals surface area contributed by atoms with Gasteiger partial charge in [0.15, 0.2) is 5.13 Å². The van der Waals surface area contributed by atoms with Gasteiger partial charge in [-0.2, -0.15) is 0 Å². The molecular weight excluding hydrogens is 396 g/mol. The number of thiazole rings is 1. The number of nitrogens with one attached hydrogen (secondary N) is 1. The molecule has 5 nitrogen and oxygen atoms in total. The molecule has 0 aliphatic heterocycles. The topological polar surface area (TPSA) is 60.5 Å². The van der Waals surface area contributed by atoms with Crippen molar-refractivity contribution in [1.29, 1.82) is 0 Å².